The lowest BCUT2D eigenvalue weighted by Crippen LogP contribution is -2.48. The van der Waals surface area contributed by atoms with Crippen LogP contribution in [0.4, 0.5) is 5.69 Å². The van der Waals surface area contributed by atoms with E-state index in [9.17, 15) is 0 Å². The monoisotopic (exact) mass is 335 g/mol. The molecule has 4 aliphatic carbocycles. The Bertz CT molecular complexity index is 732. The van der Waals surface area contributed by atoms with Crippen molar-refractivity contribution in [2.75, 3.05) is 0 Å². The molecule has 4 fully saturated rings. The van der Waals surface area contributed by atoms with Crippen molar-refractivity contribution in [3.8, 4) is 0 Å². The summed E-state index contributed by atoms with van der Waals surface area (Å²) in [5.41, 5.74) is 4.49. The Hall–Kier alpha value is -1.41. The third-order valence-corrected chi connectivity index (χ3v) is 7.70. The van der Waals surface area contributed by atoms with Gasteiger partial charge in [0.25, 0.3) is 0 Å². The quantitative estimate of drug-likeness (QED) is 0.586. The second-order valence-electron chi connectivity index (χ2n) is 8.47. The first-order valence-electron chi connectivity index (χ1n) is 9.39. The van der Waals surface area contributed by atoms with Gasteiger partial charge < -0.3 is 0 Å². The first-order chi connectivity index (χ1) is 11.7. The summed E-state index contributed by atoms with van der Waals surface area (Å²) in [5, 5.41) is 2.13. The van der Waals surface area contributed by atoms with Crippen molar-refractivity contribution in [1.82, 2.24) is 0 Å². The predicted molar refractivity (Wildman–Crippen MR) is 103 cm³/mol. The molecule has 6 rings (SSSR count). The first kappa shape index (κ1) is 14.9. The van der Waals surface area contributed by atoms with Crippen molar-refractivity contribution in [2.45, 2.75) is 50.9 Å². The molecule has 2 aromatic rings. The molecule has 0 spiro atoms. The third kappa shape index (κ3) is 2.47. The summed E-state index contributed by atoms with van der Waals surface area (Å²) in [4.78, 5) is 5.95. The lowest BCUT2D eigenvalue weighted by Gasteiger charge is -2.57. The molecule has 124 valence electrons. The molecular formula is C22H25NS. The Balaban J connectivity index is 1.39. The zero-order valence-electron chi connectivity index (χ0n) is 14.4. The Kier molecular flexibility index (Phi) is 3.45. The molecule has 0 radical (unpaired) electrons. The second-order valence-corrected chi connectivity index (χ2v) is 9.42. The van der Waals surface area contributed by atoms with E-state index in [1.165, 1.54) is 49.0 Å². The molecule has 0 amide bonds. The molecule has 1 aromatic carbocycles. The number of nitrogens with zero attached hydrogens (tertiary/aromatic N) is 1. The Labute approximate surface area is 148 Å². The van der Waals surface area contributed by atoms with E-state index >= 15 is 0 Å². The smallest absolute Gasteiger partial charge is 0.0630 e. The largest absolute Gasteiger partial charge is 0.255 e. The maximum atomic E-state index is 4.68. The van der Waals surface area contributed by atoms with E-state index in [0.717, 1.165) is 23.4 Å². The minimum atomic E-state index is 0.501. The van der Waals surface area contributed by atoms with Gasteiger partial charge in [0.15, 0.2) is 0 Å². The van der Waals surface area contributed by atoms with Crippen molar-refractivity contribution in [2.24, 2.45) is 22.7 Å². The van der Waals surface area contributed by atoms with Crippen LogP contribution in [0.25, 0.3) is 0 Å². The summed E-state index contributed by atoms with van der Waals surface area (Å²) in [7, 11) is 0. The number of aliphatic imine (C=N–C) groups is 1. The van der Waals surface area contributed by atoms with E-state index in [2.05, 4.69) is 47.6 Å². The van der Waals surface area contributed by atoms with Crippen LogP contribution in [-0.2, 0) is 5.41 Å². The number of hydrogen-bond acceptors (Lipinski definition) is 2. The van der Waals surface area contributed by atoms with Crippen LogP contribution in [0.1, 0.15) is 54.5 Å². The van der Waals surface area contributed by atoms with Gasteiger partial charge in [-0.25, -0.2) is 0 Å². The summed E-state index contributed by atoms with van der Waals surface area (Å²) in [5.74, 6) is 3.03. The average molecular weight is 336 g/mol. The average Bonchev–Trinajstić information content (AvgIpc) is 2.97. The molecule has 4 aliphatic rings. The van der Waals surface area contributed by atoms with Gasteiger partial charge in [0, 0.05) is 11.1 Å². The standard InChI is InChI=1S/C22H25NS/c1-15-6-7-24-21(15)14-23-20-4-2-19(3-5-20)22-11-16-8-17(12-22)10-18(9-16)13-22/h2-7,14,16-18H,8-13H2,1H3. The van der Waals surface area contributed by atoms with Gasteiger partial charge in [-0.3, -0.25) is 4.99 Å². The van der Waals surface area contributed by atoms with Crippen molar-refractivity contribution < 1.29 is 0 Å². The molecule has 2 heteroatoms. The zero-order valence-corrected chi connectivity index (χ0v) is 15.2. The zero-order chi connectivity index (χ0) is 16.1. The maximum absolute atomic E-state index is 4.68. The molecule has 0 atom stereocenters. The van der Waals surface area contributed by atoms with E-state index in [1.807, 2.05) is 6.21 Å². The molecule has 1 nitrogen and oxygen atoms in total. The molecule has 0 N–H and O–H groups in total. The summed E-state index contributed by atoms with van der Waals surface area (Å²) in [6.45, 7) is 2.15. The van der Waals surface area contributed by atoms with Crippen LogP contribution in [0, 0.1) is 24.7 Å². The number of aryl methyl sites for hydroxylation is 1. The van der Waals surface area contributed by atoms with Gasteiger partial charge in [0.05, 0.1) is 5.69 Å². The van der Waals surface area contributed by atoms with Crippen molar-refractivity contribution in [1.29, 1.82) is 0 Å². The number of thiophene rings is 1. The molecule has 0 saturated heterocycles. The molecule has 4 saturated carbocycles. The fourth-order valence-electron chi connectivity index (χ4n) is 6.02. The fourth-order valence-corrected chi connectivity index (χ4v) is 6.80. The molecule has 24 heavy (non-hydrogen) atoms. The van der Waals surface area contributed by atoms with Crippen LogP contribution in [0.5, 0.6) is 0 Å². The second kappa shape index (κ2) is 5.56. The van der Waals surface area contributed by atoms with Gasteiger partial charge in [-0.1, -0.05) is 12.1 Å². The Morgan fingerprint density at radius 3 is 2.12 bits per heavy atom. The van der Waals surface area contributed by atoms with Gasteiger partial charge in [0.1, 0.15) is 0 Å². The van der Waals surface area contributed by atoms with E-state index < -0.39 is 0 Å². The molecule has 4 bridgehead atoms. The topological polar surface area (TPSA) is 12.4 Å². The predicted octanol–water partition coefficient (Wildman–Crippen LogP) is 6.27. The summed E-state index contributed by atoms with van der Waals surface area (Å²) < 4.78 is 0. The molecule has 0 aliphatic heterocycles. The Morgan fingerprint density at radius 1 is 0.958 bits per heavy atom. The number of benzene rings is 1. The fraction of sp³-hybridized carbons (Fsp3) is 0.500. The Morgan fingerprint density at radius 2 is 1.58 bits per heavy atom. The van der Waals surface area contributed by atoms with E-state index in [4.69, 9.17) is 0 Å². The van der Waals surface area contributed by atoms with Crippen LogP contribution in [0.3, 0.4) is 0 Å². The maximum Gasteiger partial charge on any atom is 0.0630 e. The number of rotatable bonds is 3. The lowest BCUT2D eigenvalue weighted by atomic mass is 9.48. The lowest BCUT2D eigenvalue weighted by molar-refractivity contribution is -0.00518. The molecule has 0 unspecified atom stereocenters. The highest BCUT2D eigenvalue weighted by Crippen LogP contribution is 2.60. The molecule has 1 heterocycles. The highest BCUT2D eigenvalue weighted by molar-refractivity contribution is 7.11. The van der Waals surface area contributed by atoms with Gasteiger partial charge in [0.2, 0.25) is 0 Å². The van der Waals surface area contributed by atoms with Crippen LogP contribution in [0.2, 0.25) is 0 Å². The van der Waals surface area contributed by atoms with Gasteiger partial charge in [-0.2, -0.15) is 0 Å². The van der Waals surface area contributed by atoms with Crippen LogP contribution < -0.4 is 0 Å². The summed E-state index contributed by atoms with van der Waals surface area (Å²) in [6.07, 6.45) is 10.9. The third-order valence-electron chi connectivity index (χ3n) is 6.75. The molecular weight excluding hydrogens is 310 g/mol. The minimum absolute atomic E-state index is 0.501. The van der Waals surface area contributed by atoms with Gasteiger partial charge in [-0.15, -0.1) is 11.3 Å². The summed E-state index contributed by atoms with van der Waals surface area (Å²) >= 11 is 1.76. The first-order valence-corrected chi connectivity index (χ1v) is 10.3. The van der Waals surface area contributed by atoms with Crippen LogP contribution >= 0.6 is 11.3 Å². The summed E-state index contributed by atoms with van der Waals surface area (Å²) in [6, 6.07) is 11.4. The minimum Gasteiger partial charge on any atom is -0.255 e. The SMILES string of the molecule is Cc1ccsc1C=Nc1ccc(C23CC4CC(CC(C4)C2)C3)cc1. The highest BCUT2D eigenvalue weighted by atomic mass is 32.1. The van der Waals surface area contributed by atoms with E-state index in [1.54, 1.807) is 16.9 Å². The van der Waals surface area contributed by atoms with Crippen molar-refractivity contribution in [3.05, 3.63) is 51.7 Å². The van der Waals surface area contributed by atoms with Crippen molar-refractivity contribution in [3.63, 3.8) is 0 Å². The van der Waals surface area contributed by atoms with Crippen molar-refractivity contribution >= 4 is 23.2 Å². The number of hydrogen-bond donors (Lipinski definition) is 0. The molecule has 1 aromatic heterocycles. The van der Waals surface area contributed by atoms with Crippen LogP contribution in [0.15, 0.2) is 40.7 Å². The highest BCUT2D eigenvalue weighted by Gasteiger charge is 2.51. The van der Waals surface area contributed by atoms with Crippen LogP contribution in [-0.4, -0.2) is 6.21 Å². The van der Waals surface area contributed by atoms with Gasteiger partial charge in [-0.05, 0) is 103 Å². The normalized spacial score (nSPS) is 34.3. The van der Waals surface area contributed by atoms with Gasteiger partial charge >= 0.3 is 0 Å². The van der Waals surface area contributed by atoms with E-state index in [0.29, 0.717) is 5.41 Å². The van der Waals surface area contributed by atoms with E-state index in [-0.39, 0.29) is 0 Å².